The maximum absolute atomic E-state index is 12.7. The molecule has 1 heterocycles. The summed E-state index contributed by atoms with van der Waals surface area (Å²) in [5, 5.41) is 11.3. The molecule has 0 bridgehead atoms. The molecule has 0 spiro atoms. The quantitative estimate of drug-likeness (QED) is 0.536. The van der Waals surface area contributed by atoms with Crippen LogP contribution in [0.2, 0.25) is 5.02 Å². The van der Waals surface area contributed by atoms with E-state index in [2.05, 4.69) is 5.32 Å². The maximum atomic E-state index is 12.7. The number of rotatable bonds is 8. The van der Waals surface area contributed by atoms with Crippen LogP contribution in [0.25, 0.3) is 6.08 Å². The summed E-state index contributed by atoms with van der Waals surface area (Å²) in [6.45, 7) is 0.844. The molecule has 2 aromatic carbocycles. The second kappa shape index (κ2) is 10.4. The van der Waals surface area contributed by atoms with Gasteiger partial charge in [-0.2, -0.15) is 0 Å². The van der Waals surface area contributed by atoms with E-state index >= 15 is 0 Å². The number of carboxylic acid groups (broad SMARTS) is 1. The summed E-state index contributed by atoms with van der Waals surface area (Å²) in [5.74, 6) is -1.80. The molecule has 0 saturated carbocycles. The van der Waals surface area contributed by atoms with E-state index in [4.69, 9.17) is 26.2 Å². The van der Waals surface area contributed by atoms with Gasteiger partial charge in [0.25, 0.3) is 11.1 Å². The summed E-state index contributed by atoms with van der Waals surface area (Å²) >= 11 is 6.76. The summed E-state index contributed by atoms with van der Waals surface area (Å²) in [5.41, 5.74) is 1.83. The SMILES string of the molecule is COc1cc(/C=C2/SC(=O)N(CC(=O)Nc3ccc(C)c(Cl)c3)C2=O)ccc1OCC(=O)O. The van der Waals surface area contributed by atoms with Gasteiger partial charge in [0.05, 0.1) is 12.0 Å². The standard InChI is InChI=1S/C22H19ClN2O7S/c1-12-3-5-14(9-15(12)23)24-19(26)10-25-21(29)18(33-22(25)30)8-13-4-6-16(17(7-13)31-2)32-11-20(27)28/h3-9H,10-11H2,1-2H3,(H,24,26)(H,27,28)/b18-8+. The minimum absolute atomic E-state index is 0.132. The van der Waals surface area contributed by atoms with Gasteiger partial charge >= 0.3 is 5.97 Å². The highest BCUT2D eigenvalue weighted by Gasteiger charge is 2.36. The number of carboxylic acids is 1. The second-order valence-electron chi connectivity index (χ2n) is 6.87. The molecule has 1 aliphatic rings. The molecule has 9 nitrogen and oxygen atoms in total. The second-order valence-corrected chi connectivity index (χ2v) is 8.27. The number of imide groups is 1. The molecule has 172 valence electrons. The van der Waals surface area contributed by atoms with Gasteiger partial charge in [0, 0.05) is 10.7 Å². The Morgan fingerprint density at radius 1 is 1.18 bits per heavy atom. The molecule has 0 atom stereocenters. The number of carbonyl (C=O) groups is 4. The summed E-state index contributed by atoms with van der Waals surface area (Å²) in [6.07, 6.45) is 1.48. The van der Waals surface area contributed by atoms with Crippen LogP contribution in [-0.2, 0) is 14.4 Å². The van der Waals surface area contributed by atoms with Crippen molar-refractivity contribution < 1.29 is 33.8 Å². The molecule has 0 unspecified atom stereocenters. The zero-order chi connectivity index (χ0) is 24.1. The van der Waals surface area contributed by atoms with Crippen molar-refractivity contribution in [2.45, 2.75) is 6.92 Å². The van der Waals surface area contributed by atoms with Gasteiger partial charge in [0.1, 0.15) is 6.54 Å². The van der Waals surface area contributed by atoms with Gasteiger partial charge in [-0.3, -0.25) is 19.3 Å². The van der Waals surface area contributed by atoms with Crippen LogP contribution in [0.3, 0.4) is 0 Å². The average Bonchev–Trinajstić information content (AvgIpc) is 3.02. The molecule has 3 rings (SSSR count). The Morgan fingerprint density at radius 3 is 2.61 bits per heavy atom. The van der Waals surface area contributed by atoms with Crippen molar-refractivity contribution in [2.75, 3.05) is 25.6 Å². The molecule has 0 radical (unpaired) electrons. The molecule has 1 aliphatic heterocycles. The Hall–Kier alpha value is -3.50. The molecule has 11 heteroatoms. The number of nitrogens with one attached hydrogen (secondary N) is 1. The van der Waals surface area contributed by atoms with Gasteiger partial charge < -0.3 is 19.9 Å². The van der Waals surface area contributed by atoms with E-state index in [0.29, 0.717) is 28.0 Å². The van der Waals surface area contributed by atoms with Gasteiger partial charge in [0.15, 0.2) is 18.1 Å². The number of benzene rings is 2. The number of halogens is 1. The molecule has 0 aromatic heterocycles. The maximum Gasteiger partial charge on any atom is 0.341 e. The highest BCUT2D eigenvalue weighted by atomic mass is 35.5. The van der Waals surface area contributed by atoms with Crippen LogP contribution in [0, 0.1) is 6.92 Å². The Balaban J connectivity index is 1.70. The van der Waals surface area contributed by atoms with Crippen molar-refractivity contribution in [2.24, 2.45) is 0 Å². The number of nitrogens with zero attached hydrogens (tertiary/aromatic N) is 1. The van der Waals surface area contributed by atoms with Gasteiger partial charge in [0.2, 0.25) is 5.91 Å². The normalized spacial score (nSPS) is 14.5. The first-order chi connectivity index (χ1) is 15.7. The van der Waals surface area contributed by atoms with Gasteiger partial charge in [-0.05, 0) is 60.2 Å². The number of ether oxygens (including phenoxy) is 2. The van der Waals surface area contributed by atoms with E-state index in [9.17, 15) is 19.2 Å². The van der Waals surface area contributed by atoms with Crippen molar-refractivity contribution in [1.29, 1.82) is 0 Å². The summed E-state index contributed by atoms with van der Waals surface area (Å²) in [4.78, 5) is 49.0. The number of hydrogen-bond acceptors (Lipinski definition) is 7. The van der Waals surface area contributed by atoms with Crippen molar-refractivity contribution in [1.82, 2.24) is 4.90 Å². The van der Waals surface area contributed by atoms with Crippen LogP contribution < -0.4 is 14.8 Å². The number of methoxy groups -OCH3 is 1. The zero-order valence-electron chi connectivity index (χ0n) is 17.6. The molecule has 0 aliphatic carbocycles. The number of thioether (sulfide) groups is 1. The van der Waals surface area contributed by atoms with E-state index in [0.717, 1.165) is 10.5 Å². The predicted molar refractivity (Wildman–Crippen MR) is 124 cm³/mol. The lowest BCUT2D eigenvalue weighted by Crippen LogP contribution is -2.36. The van der Waals surface area contributed by atoms with E-state index in [1.165, 1.54) is 19.3 Å². The molecular formula is C22H19ClN2O7S. The van der Waals surface area contributed by atoms with E-state index in [-0.39, 0.29) is 16.4 Å². The van der Waals surface area contributed by atoms with Crippen LogP contribution in [0.4, 0.5) is 10.5 Å². The van der Waals surface area contributed by atoms with Crippen LogP contribution in [0.5, 0.6) is 11.5 Å². The van der Waals surface area contributed by atoms with Crippen LogP contribution in [-0.4, -0.2) is 53.3 Å². The average molecular weight is 491 g/mol. The van der Waals surface area contributed by atoms with E-state index in [1.807, 2.05) is 6.92 Å². The molecule has 3 amide bonds. The number of aryl methyl sites for hydroxylation is 1. The molecular weight excluding hydrogens is 472 g/mol. The number of hydrogen-bond donors (Lipinski definition) is 2. The molecule has 2 N–H and O–H groups in total. The minimum Gasteiger partial charge on any atom is -0.493 e. The molecule has 1 fully saturated rings. The van der Waals surface area contributed by atoms with Crippen molar-refractivity contribution in [3.63, 3.8) is 0 Å². The number of aliphatic carboxylic acids is 1. The third-order valence-corrected chi connectivity index (χ3v) is 5.78. The molecule has 2 aromatic rings. The number of carbonyl (C=O) groups excluding carboxylic acids is 3. The number of amides is 3. The zero-order valence-corrected chi connectivity index (χ0v) is 19.2. The first-order valence-electron chi connectivity index (χ1n) is 9.52. The topological polar surface area (TPSA) is 122 Å². The molecule has 33 heavy (non-hydrogen) atoms. The fourth-order valence-electron chi connectivity index (χ4n) is 2.84. The van der Waals surface area contributed by atoms with Crippen molar-refractivity contribution in [3.8, 4) is 11.5 Å². The van der Waals surface area contributed by atoms with E-state index < -0.39 is 36.2 Å². The van der Waals surface area contributed by atoms with Crippen LogP contribution in [0.1, 0.15) is 11.1 Å². The van der Waals surface area contributed by atoms with Gasteiger partial charge in [-0.15, -0.1) is 0 Å². The van der Waals surface area contributed by atoms with E-state index in [1.54, 1.807) is 30.3 Å². The smallest absolute Gasteiger partial charge is 0.341 e. The first kappa shape index (κ1) is 24.1. The molecule has 1 saturated heterocycles. The van der Waals surface area contributed by atoms with Crippen molar-refractivity contribution in [3.05, 3.63) is 57.5 Å². The van der Waals surface area contributed by atoms with Crippen LogP contribution >= 0.6 is 23.4 Å². The largest absolute Gasteiger partial charge is 0.493 e. The van der Waals surface area contributed by atoms with Gasteiger partial charge in [-0.1, -0.05) is 23.7 Å². The Morgan fingerprint density at radius 2 is 1.94 bits per heavy atom. The number of anilines is 1. The van der Waals surface area contributed by atoms with Gasteiger partial charge in [-0.25, -0.2) is 4.79 Å². The lowest BCUT2D eigenvalue weighted by molar-refractivity contribution is -0.139. The van der Waals surface area contributed by atoms with Crippen LogP contribution in [0.15, 0.2) is 41.3 Å². The first-order valence-corrected chi connectivity index (χ1v) is 10.7. The highest BCUT2D eigenvalue weighted by molar-refractivity contribution is 8.18. The Labute approximate surface area is 198 Å². The fraction of sp³-hybridized carbons (Fsp3) is 0.182. The highest BCUT2D eigenvalue weighted by Crippen LogP contribution is 2.34. The third kappa shape index (κ3) is 6.05. The monoisotopic (exact) mass is 490 g/mol. The lowest BCUT2D eigenvalue weighted by atomic mass is 10.2. The Bertz CT molecular complexity index is 1170. The Kier molecular flexibility index (Phi) is 7.62. The van der Waals surface area contributed by atoms with Crippen molar-refractivity contribution >= 4 is 58.1 Å². The summed E-state index contributed by atoms with van der Waals surface area (Å²) < 4.78 is 10.3. The fourth-order valence-corrected chi connectivity index (χ4v) is 3.85. The summed E-state index contributed by atoms with van der Waals surface area (Å²) in [6, 6.07) is 9.62. The lowest BCUT2D eigenvalue weighted by Gasteiger charge is -2.13. The summed E-state index contributed by atoms with van der Waals surface area (Å²) in [7, 11) is 1.39. The predicted octanol–water partition coefficient (Wildman–Crippen LogP) is 3.80. The third-order valence-electron chi connectivity index (χ3n) is 4.47. The minimum atomic E-state index is -1.13.